The first-order chi connectivity index (χ1) is 55.0. The van der Waals surface area contributed by atoms with Gasteiger partial charge >= 0.3 is 0 Å². The summed E-state index contributed by atoms with van der Waals surface area (Å²) in [6.45, 7) is 13.0. The summed E-state index contributed by atoms with van der Waals surface area (Å²) in [5, 5.41) is 72.1. The molecule has 0 amide bonds. The SMILES string of the molecule is CCCCCCCCN1c2ccccc2Sc2cc(C=C(C#N)C#N)ccc21.CCCCCCCCN1c2ccccc2Sc2cc(C=C(C#N)C#N)ccc21.CCCCCCCCN1c2ccccc2Sc2cc(C=C(C#N)C#N)ccc21.CCCCCCCCN1c2ccccc2Sc2cc(C=C(C#N)C#N)ccc21. The number of fused-ring (bicyclic) bond motifs is 8. The summed E-state index contributed by atoms with van der Waals surface area (Å²) in [5.74, 6) is 0. The van der Waals surface area contributed by atoms with E-state index in [1.165, 1.54) is 239 Å². The highest BCUT2D eigenvalue weighted by molar-refractivity contribution is 8.00. The van der Waals surface area contributed by atoms with E-state index < -0.39 is 0 Å². The van der Waals surface area contributed by atoms with E-state index in [1.807, 2.05) is 72.8 Å². The monoisotopic (exact) mass is 1550 g/mol. The smallest absolute Gasteiger partial charge is 0.130 e. The average Bonchev–Trinajstić information content (AvgIpc) is 0.793. The number of unbranched alkanes of at least 4 members (excludes halogenated alkanes) is 20. The van der Waals surface area contributed by atoms with Gasteiger partial charge in [0.1, 0.15) is 70.8 Å². The van der Waals surface area contributed by atoms with Crippen molar-refractivity contribution in [1.82, 2.24) is 0 Å². The van der Waals surface area contributed by atoms with Gasteiger partial charge in [-0.05, 0) is 169 Å². The number of para-hydroxylation sites is 4. The fraction of sp³-hybridized carbons (Fsp3) is 0.333. The number of benzene rings is 8. The zero-order chi connectivity index (χ0) is 79.1. The number of allylic oxidation sites excluding steroid dienone is 4. The molecule has 112 heavy (non-hydrogen) atoms. The zero-order valence-corrected chi connectivity index (χ0v) is 68.5. The highest BCUT2D eigenvalue weighted by atomic mass is 32.2. The van der Waals surface area contributed by atoms with E-state index in [1.54, 1.807) is 71.4 Å². The molecular formula is C96H100N12S4. The highest BCUT2D eigenvalue weighted by Crippen LogP contribution is 2.53. The molecule has 8 aromatic rings. The maximum atomic E-state index is 9.02. The second-order valence-corrected chi connectivity index (χ2v) is 32.3. The van der Waals surface area contributed by atoms with E-state index >= 15 is 0 Å². The average molecular weight is 1550 g/mol. The van der Waals surface area contributed by atoms with Gasteiger partial charge in [-0.15, -0.1) is 0 Å². The number of anilines is 8. The summed E-state index contributed by atoms with van der Waals surface area (Å²) < 4.78 is 0. The second kappa shape index (κ2) is 46.8. The van der Waals surface area contributed by atoms with Crippen LogP contribution in [0.25, 0.3) is 24.3 Å². The van der Waals surface area contributed by atoms with Crippen LogP contribution in [0.2, 0.25) is 0 Å². The van der Waals surface area contributed by atoms with Gasteiger partial charge in [-0.2, -0.15) is 42.1 Å². The van der Waals surface area contributed by atoms with Crippen molar-refractivity contribution in [2.24, 2.45) is 0 Å². The van der Waals surface area contributed by atoms with Crippen molar-refractivity contribution >= 4 is 117 Å². The first-order valence-corrected chi connectivity index (χ1v) is 43.1. The molecule has 0 aliphatic carbocycles. The molecule has 12 nitrogen and oxygen atoms in total. The van der Waals surface area contributed by atoms with Crippen LogP contribution in [0, 0.1) is 90.6 Å². The zero-order valence-electron chi connectivity index (χ0n) is 65.3. The molecule has 0 saturated carbocycles. The van der Waals surface area contributed by atoms with Crippen LogP contribution in [0.3, 0.4) is 0 Å². The lowest BCUT2D eigenvalue weighted by Gasteiger charge is -2.33. The Morgan fingerprint density at radius 2 is 0.411 bits per heavy atom. The highest BCUT2D eigenvalue weighted by Gasteiger charge is 2.28. The van der Waals surface area contributed by atoms with Gasteiger partial charge in [0, 0.05) is 65.3 Å². The van der Waals surface area contributed by atoms with Gasteiger partial charge in [0.25, 0.3) is 0 Å². The van der Waals surface area contributed by atoms with Crippen LogP contribution in [-0.2, 0) is 0 Å². The van der Waals surface area contributed by atoms with E-state index in [-0.39, 0.29) is 22.3 Å². The maximum absolute atomic E-state index is 9.02. The van der Waals surface area contributed by atoms with Gasteiger partial charge in [-0.25, -0.2) is 0 Å². The molecule has 0 bridgehead atoms. The Hall–Kier alpha value is -10.8. The van der Waals surface area contributed by atoms with Gasteiger partial charge in [0.05, 0.1) is 45.5 Å². The summed E-state index contributed by atoms with van der Waals surface area (Å²) in [5.41, 5.74) is 14.0. The van der Waals surface area contributed by atoms with Crippen molar-refractivity contribution in [2.45, 2.75) is 221 Å². The standard InChI is InChI=1S/4C24H25N3S/c4*1-2-3-4-5-6-9-14-27-21-10-7-8-11-23(21)28-24-16-19(12-13-22(24)27)15-20(17-25)18-26/h4*7-8,10-13,15-16H,2-6,9,14H2,1H3. The third-order valence-corrected chi connectivity index (χ3v) is 24.2. The Bertz CT molecular complexity index is 4290. The van der Waals surface area contributed by atoms with Gasteiger partial charge in [0.2, 0.25) is 0 Å². The lowest BCUT2D eigenvalue weighted by molar-refractivity contribution is 0.608. The Morgan fingerprint density at radius 1 is 0.232 bits per heavy atom. The van der Waals surface area contributed by atoms with Gasteiger partial charge in [-0.1, -0.05) is 276 Å². The summed E-state index contributed by atoms with van der Waals surface area (Å²) in [7, 11) is 0. The molecule has 0 fully saturated rings. The first-order valence-electron chi connectivity index (χ1n) is 39.9. The van der Waals surface area contributed by atoms with Crippen LogP contribution < -0.4 is 19.6 Å². The van der Waals surface area contributed by atoms with E-state index in [9.17, 15) is 0 Å². The molecule has 0 spiro atoms. The number of rotatable bonds is 32. The molecule has 0 saturated heterocycles. The third kappa shape index (κ3) is 24.6. The van der Waals surface area contributed by atoms with Gasteiger partial charge < -0.3 is 19.6 Å². The lowest BCUT2D eigenvalue weighted by Crippen LogP contribution is -2.22. The minimum absolute atomic E-state index is 0.130. The normalized spacial score (nSPS) is 11.8. The maximum Gasteiger partial charge on any atom is 0.130 e. The van der Waals surface area contributed by atoms with Crippen LogP contribution in [0.1, 0.15) is 204 Å². The quantitative estimate of drug-likeness (QED) is 0.0284. The molecular weight excluding hydrogens is 1450 g/mol. The molecule has 0 unspecified atom stereocenters. The van der Waals surface area contributed by atoms with Crippen LogP contribution >= 0.6 is 47.0 Å². The number of hydrogen-bond donors (Lipinski definition) is 0. The number of nitriles is 8. The van der Waals surface area contributed by atoms with Crippen molar-refractivity contribution in [3.63, 3.8) is 0 Å². The van der Waals surface area contributed by atoms with Crippen LogP contribution in [0.15, 0.2) is 231 Å². The molecule has 0 N–H and O–H groups in total. The van der Waals surface area contributed by atoms with E-state index in [2.05, 4.69) is 193 Å². The molecule has 12 rings (SSSR count). The van der Waals surface area contributed by atoms with Crippen LogP contribution in [0.5, 0.6) is 0 Å². The van der Waals surface area contributed by atoms with Crippen LogP contribution in [0.4, 0.5) is 45.5 Å². The summed E-state index contributed by atoms with van der Waals surface area (Å²) in [6, 6.07) is 74.4. The Kier molecular flexibility index (Phi) is 35.6. The van der Waals surface area contributed by atoms with E-state index in [4.69, 9.17) is 42.1 Å². The van der Waals surface area contributed by atoms with Crippen LogP contribution in [-0.4, -0.2) is 26.2 Å². The van der Waals surface area contributed by atoms with Crippen molar-refractivity contribution in [3.8, 4) is 48.6 Å². The minimum atomic E-state index is 0.130. The predicted molar refractivity (Wildman–Crippen MR) is 466 cm³/mol. The molecule has 4 heterocycles. The van der Waals surface area contributed by atoms with E-state index in [0.717, 1.165) is 48.4 Å². The minimum Gasteiger partial charge on any atom is -0.340 e. The molecule has 4 aliphatic heterocycles. The molecule has 0 atom stereocenters. The lowest BCUT2D eigenvalue weighted by atomic mass is 10.1. The predicted octanol–water partition coefficient (Wildman–Crippen LogP) is 28.3. The Balaban J connectivity index is 0.000000171. The summed E-state index contributed by atoms with van der Waals surface area (Å²) in [6.07, 6.45) is 37.3. The fourth-order valence-electron chi connectivity index (χ4n) is 13.9. The van der Waals surface area contributed by atoms with E-state index in [0.29, 0.717) is 0 Å². The fourth-order valence-corrected chi connectivity index (χ4v) is 18.5. The molecule has 8 aromatic carbocycles. The number of hydrogen-bond acceptors (Lipinski definition) is 16. The Labute approximate surface area is 683 Å². The Morgan fingerprint density at radius 3 is 0.607 bits per heavy atom. The number of nitrogens with zero attached hydrogens (tertiary/aromatic N) is 12. The molecule has 568 valence electrons. The first kappa shape index (κ1) is 85.2. The topological polar surface area (TPSA) is 203 Å². The second-order valence-electron chi connectivity index (χ2n) is 28.0. The molecule has 0 radical (unpaired) electrons. The van der Waals surface area contributed by atoms with Crippen molar-refractivity contribution in [3.05, 3.63) is 214 Å². The van der Waals surface area contributed by atoms with Crippen molar-refractivity contribution < 1.29 is 0 Å². The van der Waals surface area contributed by atoms with Gasteiger partial charge in [0.15, 0.2) is 0 Å². The molecule has 0 aromatic heterocycles. The summed E-state index contributed by atoms with van der Waals surface area (Å²) >= 11 is 7.03. The van der Waals surface area contributed by atoms with Gasteiger partial charge in [-0.3, -0.25) is 0 Å². The third-order valence-electron chi connectivity index (χ3n) is 19.8. The summed E-state index contributed by atoms with van der Waals surface area (Å²) in [4.78, 5) is 19.4. The molecule has 4 aliphatic rings. The largest absolute Gasteiger partial charge is 0.340 e. The van der Waals surface area contributed by atoms with Crippen molar-refractivity contribution in [2.75, 3.05) is 45.8 Å². The molecule has 16 heteroatoms. The van der Waals surface area contributed by atoms with Crippen molar-refractivity contribution in [1.29, 1.82) is 42.1 Å².